The van der Waals surface area contributed by atoms with Crippen molar-refractivity contribution in [1.29, 1.82) is 0 Å². The van der Waals surface area contributed by atoms with Gasteiger partial charge in [0.05, 0.1) is 5.54 Å². The van der Waals surface area contributed by atoms with Gasteiger partial charge >= 0.3 is 6.09 Å². The average Bonchev–Trinajstić information content (AvgIpc) is 3.23. The largest absolute Gasteiger partial charge is 0.483 e. The van der Waals surface area contributed by atoms with Gasteiger partial charge in [-0.3, -0.25) is 14.5 Å². The Morgan fingerprint density at radius 2 is 2.08 bits per heavy atom. The van der Waals surface area contributed by atoms with E-state index in [9.17, 15) is 9.59 Å². The second kappa shape index (κ2) is 7.30. The van der Waals surface area contributed by atoms with Crippen molar-refractivity contribution >= 4 is 18.5 Å². The number of amides is 2. The number of cyclic esters (lactones) is 1. The summed E-state index contributed by atoms with van der Waals surface area (Å²) >= 11 is 0. The molecule has 0 aliphatic carbocycles. The molecular formula is C16H23N5O5. The van der Waals surface area contributed by atoms with Crippen LogP contribution in [0.4, 0.5) is 4.79 Å². The summed E-state index contributed by atoms with van der Waals surface area (Å²) < 4.78 is 7.17. The van der Waals surface area contributed by atoms with Crippen molar-refractivity contribution in [3.63, 3.8) is 0 Å². The first-order chi connectivity index (χ1) is 12.6. The third-order valence-corrected chi connectivity index (χ3v) is 5.33. The number of carbonyl (C=O) groups excluding carboxylic acids is 2. The Hall–Kier alpha value is -2.65. The normalized spacial score (nSPS) is 24.1. The number of rotatable bonds is 2. The fraction of sp³-hybridized carbons (Fsp3) is 0.688. The van der Waals surface area contributed by atoms with E-state index in [1.165, 1.54) is 0 Å². The molecule has 1 atom stereocenters. The van der Waals surface area contributed by atoms with E-state index >= 15 is 0 Å². The summed E-state index contributed by atoms with van der Waals surface area (Å²) in [6.45, 7) is 4.46. The number of hydrogen-bond donors (Lipinski definition) is 1. The van der Waals surface area contributed by atoms with Crippen LogP contribution >= 0.6 is 0 Å². The van der Waals surface area contributed by atoms with Gasteiger partial charge in [0.25, 0.3) is 12.4 Å². The van der Waals surface area contributed by atoms with E-state index in [1.54, 1.807) is 9.80 Å². The van der Waals surface area contributed by atoms with Gasteiger partial charge in [0.1, 0.15) is 12.4 Å². The molecule has 142 valence electrons. The van der Waals surface area contributed by atoms with E-state index in [0.717, 1.165) is 38.1 Å². The average molecular weight is 365 g/mol. The highest BCUT2D eigenvalue weighted by molar-refractivity contribution is 5.91. The Kier molecular flexibility index (Phi) is 5.10. The lowest BCUT2D eigenvalue weighted by molar-refractivity contribution is -0.122. The highest BCUT2D eigenvalue weighted by Gasteiger charge is 2.50. The van der Waals surface area contributed by atoms with E-state index in [1.807, 2.05) is 11.5 Å². The van der Waals surface area contributed by atoms with Crippen LogP contribution in [0.15, 0.2) is 0 Å². The standard InChI is InChI=1S/C15H21N5O3.CH2O2/c1-2-15-9-18(7-8-20(15)14(22)23-10-15)13(21)12-17-16-11-5-3-4-6-19(11)12;2-1-3/h2-10H2,1H3;1H,(H,2,3). The van der Waals surface area contributed by atoms with Crippen LogP contribution in [-0.2, 0) is 22.5 Å². The molecule has 2 amide bonds. The van der Waals surface area contributed by atoms with E-state index in [-0.39, 0.29) is 18.5 Å². The highest BCUT2D eigenvalue weighted by Crippen LogP contribution is 2.32. The lowest BCUT2D eigenvalue weighted by Crippen LogP contribution is -2.62. The molecule has 10 heteroatoms. The van der Waals surface area contributed by atoms with Crippen LogP contribution in [0.25, 0.3) is 0 Å². The summed E-state index contributed by atoms with van der Waals surface area (Å²) in [6.07, 6.45) is 3.54. The first-order valence-corrected chi connectivity index (χ1v) is 8.80. The van der Waals surface area contributed by atoms with Crippen LogP contribution in [0.3, 0.4) is 0 Å². The van der Waals surface area contributed by atoms with Gasteiger partial charge in [0.15, 0.2) is 0 Å². The predicted octanol–water partition coefficient (Wildman–Crippen LogP) is 0.372. The van der Waals surface area contributed by atoms with Crippen molar-refractivity contribution in [3.8, 4) is 0 Å². The maximum atomic E-state index is 12.9. The molecule has 0 radical (unpaired) electrons. The molecule has 3 aliphatic rings. The van der Waals surface area contributed by atoms with Crippen LogP contribution < -0.4 is 0 Å². The van der Waals surface area contributed by atoms with Gasteiger partial charge in [-0.25, -0.2) is 4.79 Å². The minimum atomic E-state index is -0.393. The summed E-state index contributed by atoms with van der Waals surface area (Å²) in [5.74, 6) is 1.25. The zero-order valence-electron chi connectivity index (χ0n) is 14.8. The van der Waals surface area contributed by atoms with Crippen LogP contribution in [-0.4, -0.2) is 79.9 Å². The summed E-state index contributed by atoms with van der Waals surface area (Å²) in [6, 6.07) is 0. The molecule has 0 bridgehead atoms. The number of fused-ring (bicyclic) bond motifs is 2. The molecule has 0 spiro atoms. The molecule has 26 heavy (non-hydrogen) atoms. The van der Waals surface area contributed by atoms with Crippen LogP contribution in [0.2, 0.25) is 0 Å². The quantitative estimate of drug-likeness (QED) is 0.752. The second-order valence-corrected chi connectivity index (χ2v) is 6.66. The summed E-state index contributed by atoms with van der Waals surface area (Å²) in [4.78, 5) is 36.7. The molecular weight excluding hydrogens is 342 g/mol. The molecule has 0 saturated carbocycles. The minimum absolute atomic E-state index is 0.0857. The molecule has 2 saturated heterocycles. The number of aryl methyl sites for hydroxylation is 1. The summed E-state index contributed by atoms with van der Waals surface area (Å²) in [7, 11) is 0. The number of carboxylic acid groups (broad SMARTS) is 1. The van der Waals surface area contributed by atoms with Gasteiger partial charge in [-0.15, -0.1) is 10.2 Å². The van der Waals surface area contributed by atoms with Gasteiger partial charge in [-0.05, 0) is 19.3 Å². The minimum Gasteiger partial charge on any atom is -0.483 e. The predicted molar refractivity (Wildman–Crippen MR) is 88.6 cm³/mol. The number of nitrogens with zero attached hydrogens (tertiary/aromatic N) is 5. The number of hydrogen-bond acceptors (Lipinski definition) is 6. The van der Waals surface area contributed by atoms with Crippen molar-refractivity contribution in [3.05, 3.63) is 11.6 Å². The van der Waals surface area contributed by atoms with E-state index in [4.69, 9.17) is 14.6 Å². The first kappa shape index (κ1) is 18.2. The molecule has 1 aromatic heterocycles. The van der Waals surface area contributed by atoms with Gasteiger partial charge in [0.2, 0.25) is 5.82 Å². The lowest BCUT2D eigenvalue weighted by Gasteiger charge is -2.44. The maximum Gasteiger partial charge on any atom is 0.410 e. The van der Waals surface area contributed by atoms with Crippen molar-refractivity contribution in [2.75, 3.05) is 26.2 Å². The Bertz CT molecular complexity index is 705. The van der Waals surface area contributed by atoms with Crippen LogP contribution in [0, 0.1) is 0 Å². The first-order valence-electron chi connectivity index (χ1n) is 8.80. The van der Waals surface area contributed by atoms with E-state index < -0.39 is 5.54 Å². The molecule has 10 nitrogen and oxygen atoms in total. The zero-order chi connectivity index (χ0) is 18.7. The van der Waals surface area contributed by atoms with Crippen LogP contribution in [0.1, 0.15) is 42.6 Å². The van der Waals surface area contributed by atoms with Crippen molar-refractivity contribution in [2.24, 2.45) is 0 Å². The Morgan fingerprint density at radius 3 is 2.81 bits per heavy atom. The van der Waals surface area contributed by atoms with Crippen molar-refractivity contribution in [2.45, 2.75) is 44.7 Å². The summed E-state index contributed by atoms with van der Waals surface area (Å²) in [5.41, 5.74) is -0.393. The smallest absolute Gasteiger partial charge is 0.410 e. The Labute approximate surface area is 150 Å². The van der Waals surface area contributed by atoms with E-state index in [0.29, 0.717) is 32.1 Å². The highest BCUT2D eigenvalue weighted by atomic mass is 16.6. The van der Waals surface area contributed by atoms with E-state index in [2.05, 4.69) is 10.2 Å². The zero-order valence-corrected chi connectivity index (χ0v) is 14.8. The van der Waals surface area contributed by atoms with Gasteiger partial charge < -0.3 is 19.3 Å². The van der Waals surface area contributed by atoms with Crippen LogP contribution in [0.5, 0.6) is 0 Å². The van der Waals surface area contributed by atoms with Crippen molar-refractivity contribution in [1.82, 2.24) is 24.6 Å². The Morgan fingerprint density at radius 1 is 1.31 bits per heavy atom. The topological polar surface area (TPSA) is 118 Å². The molecule has 1 N–H and O–H groups in total. The van der Waals surface area contributed by atoms with Gasteiger partial charge in [0, 0.05) is 32.6 Å². The van der Waals surface area contributed by atoms with Crippen molar-refractivity contribution < 1.29 is 24.2 Å². The molecule has 2 fully saturated rings. The number of piperazine rings is 1. The fourth-order valence-corrected chi connectivity index (χ4v) is 3.85. The maximum absolute atomic E-state index is 12.9. The number of carbonyl (C=O) groups is 3. The van der Waals surface area contributed by atoms with Gasteiger partial charge in [-0.1, -0.05) is 6.92 Å². The molecule has 1 unspecified atom stereocenters. The Balaban J connectivity index is 0.000000613. The third kappa shape index (κ3) is 2.99. The number of aromatic nitrogens is 3. The van der Waals surface area contributed by atoms with Gasteiger partial charge in [-0.2, -0.15) is 0 Å². The molecule has 1 aromatic rings. The number of ether oxygens (including phenoxy) is 1. The second-order valence-electron chi connectivity index (χ2n) is 6.66. The molecule has 3 aliphatic heterocycles. The molecule has 4 rings (SSSR count). The molecule has 0 aromatic carbocycles. The lowest BCUT2D eigenvalue weighted by atomic mass is 9.93. The summed E-state index contributed by atoms with van der Waals surface area (Å²) in [5, 5.41) is 15.2. The third-order valence-electron chi connectivity index (χ3n) is 5.33. The fourth-order valence-electron chi connectivity index (χ4n) is 3.85. The SMILES string of the molecule is CCC12COC(=O)N1CCN(C(=O)c1nnc3n1CCCC3)C2.O=CO. The molecule has 4 heterocycles. The monoisotopic (exact) mass is 365 g/mol.